The summed E-state index contributed by atoms with van der Waals surface area (Å²) in [7, 11) is 0. The van der Waals surface area contributed by atoms with E-state index in [0.717, 1.165) is 16.5 Å². The summed E-state index contributed by atoms with van der Waals surface area (Å²) in [6.45, 7) is 4.04. The van der Waals surface area contributed by atoms with Crippen LogP contribution in [0.4, 0.5) is 0 Å². The molecule has 112 valence electrons. The van der Waals surface area contributed by atoms with Gasteiger partial charge in [-0.15, -0.1) is 0 Å². The minimum atomic E-state index is -0.130. The second-order valence-electron chi connectivity index (χ2n) is 5.18. The molecule has 1 aromatic carbocycles. The van der Waals surface area contributed by atoms with E-state index < -0.39 is 0 Å². The van der Waals surface area contributed by atoms with Crippen molar-refractivity contribution < 1.29 is 9.53 Å². The van der Waals surface area contributed by atoms with Gasteiger partial charge in [0.2, 0.25) is 0 Å². The zero-order valence-electron chi connectivity index (χ0n) is 12.0. The molecule has 1 aliphatic carbocycles. The largest absolute Gasteiger partial charge is 0.489 e. The SMILES string of the molecule is C=CCOc1ccc2c3c(c(Cl)nc2c1)C(=O)c1cnccc1-3. The van der Waals surface area contributed by atoms with Gasteiger partial charge in [0.05, 0.1) is 11.1 Å². The Hall–Kier alpha value is -2.72. The number of aromatic nitrogens is 2. The van der Waals surface area contributed by atoms with E-state index in [4.69, 9.17) is 16.3 Å². The predicted octanol–water partition coefficient (Wildman–Crippen LogP) is 4.06. The number of hydrogen-bond acceptors (Lipinski definition) is 4. The highest BCUT2D eigenvalue weighted by molar-refractivity contribution is 6.38. The van der Waals surface area contributed by atoms with Gasteiger partial charge in [-0.05, 0) is 23.8 Å². The van der Waals surface area contributed by atoms with Gasteiger partial charge < -0.3 is 4.74 Å². The van der Waals surface area contributed by atoms with Crippen LogP contribution in [-0.4, -0.2) is 22.4 Å². The van der Waals surface area contributed by atoms with Gasteiger partial charge >= 0.3 is 0 Å². The highest BCUT2D eigenvalue weighted by Crippen LogP contribution is 2.43. The molecule has 0 spiro atoms. The number of pyridine rings is 2. The van der Waals surface area contributed by atoms with Gasteiger partial charge in [0.1, 0.15) is 17.5 Å². The topological polar surface area (TPSA) is 52.1 Å². The van der Waals surface area contributed by atoms with Crippen LogP contribution in [0.1, 0.15) is 15.9 Å². The van der Waals surface area contributed by atoms with Gasteiger partial charge in [-0.2, -0.15) is 0 Å². The molecular formula is C18H11ClN2O2. The lowest BCUT2D eigenvalue weighted by Gasteiger charge is -2.09. The number of fused-ring (bicyclic) bond motifs is 5. The van der Waals surface area contributed by atoms with Gasteiger partial charge in [-0.3, -0.25) is 9.78 Å². The minimum absolute atomic E-state index is 0.130. The van der Waals surface area contributed by atoms with E-state index in [9.17, 15) is 4.79 Å². The van der Waals surface area contributed by atoms with Crippen molar-refractivity contribution in [1.82, 2.24) is 9.97 Å². The number of ketones is 1. The van der Waals surface area contributed by atoms with E-state index in [0.29, 0.717) is 29.0 Å². The summed E-state index contributed by atoms with van der Waals surface area (Å²) in [6.07, 6.45) is 4.92. The predicted molar refractivity (Wildman–Crippen MR) is 89.1 cm³/mol. The summed E-state index contributed by atoms with van der Waals surface area (Å²) in [5.41, 5.74) is 3.35. The number of carbonyl (C=O) groups is 1. The van der Waals surface area contributed by atoms with Crippen LogP contribution in [0.2, 0.25) is 5.15 Å². The van der Waals surface area contributed by atoms with Crippen molar-refractivity contribution in [3.05, 3.63) is 65.6 Å². The Bertz CT molecular complexity index is 982. The van der Waals surface area contributed by atoms with E-state index in [1.54, 1.807) is 18.5 Å². The number of nitrogens with zero attached hydrogens (tertiary/aromatic N) is 2. The molecule has 0 aliphatic heterocycles. The zero-order chi connectivity index (χ0) is 16.0. The molecule has 0 N–H and O–H groups in total. The van der Waals surface area contributed by atoms with Gasteiger partial charge in [-0.1, -0.05) is 24.3 Å². The number of ether oxygens (including phenoxy) is 1. The Kier molecular flexibility index (Phi) is 3.13. The molecule has 2 aromatic heterocycles. The van der Waals surface area contributed by atoms with Crippen molar-refractivity contribution in [2.24, 2.45) is 0 Å². The lowest BCUT2D eigenvalue weighted by Crippen LogP contribution is -1.99. The molecule has 0 amide bonds. The number of halogens is 1. The minimum Gasteiger partial charge on any atom is -0.489 e. The quantitative estimate of drug-likeness (QED) is 0.421. The van der Waals surface area contributed by atoms with Crippen LogP contribution < -0.4 is 4.74 Å². The Morgan fingerprint density at radius 3 is 2.91 bits per heavy atom. The Labute approximate surface area is 137 Å². The summed E-state index contributed by atoms with van der Waals surface area (Å²) in [6, 6.07) is 7.40. The molecule has 0 atom stereocenters. The molecule has 0 fully saturated rings. The van der Waals surface area contributed by atoms with Gasteiger partial charge in [0.25, 0.3) is 0 Å². The van der Waals surface area contributed by atoms with E-state index >= 15 is 0 Å². The highest BCUT2D eigenvalue weighted by Gasteiger charge is 2.31. The summed E-state index contributed by atoms with van der Waals surface area (Å²) < 4.78 is 5.54. The highest BCUT2D eigenvalue weighted by atomic mass is 35.5. The van der Waals surface area contributed by atoms with E-state index in [1.807, 2.05) is 24.3 Å². The Morgan fingerprint density at radius 1 is 1.22 bits per heavy atom. The molecule has 0 unspecified atom stereocenters. The van der Waals surface area contributed by atoms with E-state index in [2.05, 4.69) is 16.5 Å². The van der Waals surface area contributed by atoms with Crippen LogP contribution >= 0.6 is 11.6 Å². The van der Waals surface area contributed by atoms with E-state index in [-0.39, 0.29) is 10.9 Å². The number of rotatable bonds is 3. The third-order valence-corrected chi connectivity index (χ3v) is 4.12. The van der Waals surface area contributed by atoms with Gasteiger partial charge in [-0.25, -0.2) is 4.98 Å². The van der Waals surface area contributed by atoms with Crippen molar-refractivity contribution in [3.8, 4) is 16.9 Å². The average molecular weight is 323 g/mol. The van der Waals surface area contributed by atoms with Crippen molar-refractivity contribution >= 4 is 28.3 Å². The fraction of sp³-hybridized carbons (Fsp3) is 0.0556. The third-order valence-electron chi connectivity index (χ3n) is 3.84. The zero-order valence-corrected chi connectivity index (χ0v) is 12.8. The number of hydrogen-bond donors (Lipinski definition) is 0. The van der Waals surface area contributed by atoms with Crippen molar-refractivity contribution in [2.45, 2.75) is 0 Å². The second kappa shape index (κ2) is 5.18. The van der Waals surface area contributed by atoms with Crippen molar-refractivity contribution in [1.29, 1.82) is 0 Å². The molecule has 3 aromatic rings. The average Bonchev–Trinajstić information content (AvgIpc) is 2.87. The standard InChI is InChI=1S/C18H11ClN2O2/c1-2-7-23-10-3-4-12-14(8-10)21-18(19)16-15(12)11-5-6-20-9-13(11)17(16)22/h2-6,8-9H,1,7H2. The lowest BCUT2D eigenvalue weighted by atomic mass is 10.0. The van der Waals surface area contributed by atoms with Crippen molar-refractivity contribution in [2.75, 3.05) is 6.61 Å². The van der Waals surface area contributed by atoms with Crippen LogP contribution in [0, 0.1) is 0 Å². The smallest absolute Gasteiger partial charge is 0.198 e. The maximum absolute atomic E-state index is 12.6. The third kappa shape index (κ3) is 2.03. The molecule has 1 aliphatic rings. The second-order valence-corrected chi connectivity index (χ2v) is 5.54. The van der Waals surface area contributed by atoms with Crippen LogP contribution in [0.25, 0.3) is 22.0 Å². The molecular weight excluding hydrogens is 312 g/mol. The van der Waals surface area contributed by atoms with Crippen LogP contribution in [0.15, 0.2) is 49.3 Å². The molecule has 5 heteroatoms. The molecule has 2 heterocycles. The van der Waals surface area contributed by atoms with Crippen LogP contribution in [0.3, 0.4) is 0 Å². The van der Waals surface area contributed by atoms with Gasteiger partial charge in [0, 0.05) is 35.0 Å². The monoisotopic (exact) mass is 322 g/mol. The first-order chi connectivity index (χ1) is 11.2. The van der Waals surface area contributed by atoms with Gasteiger partial charge in [0.15, 0.2) is 5.78 Å². The molecule has 0 radical (unpaired) electrons. The molecule has 0 saturated carbocycles. The number of benzene rings is 1. The normalized spacial score (nSPS) is 12.1. The maximum atomic E-state index is 12.6. The fourth-order valence-electron chi connectivity index (χ4n) is 2.87. The Balaban J connectivity index is 2.00. The fourth-order valence-corrected chi connectivity index (χ4v) is 3.15. The first-order valence-corrected chi connectivity index (χ1v) is 7.44. The summed E-state index contributed by atoms with van der Waals surface area (Å²) >= 11 is 6.28. The lowest BCUT2D eigenvalue weighted by molar-refractivity contribution is 0.104. The molecule has 23 heavy (non-hydrogen) atoms. The maximum Gasteiger partial charge on any atom is 0.198 e. The molecule has 4 rings (SSSR count). The number of carbonyl (C=O) groups excluding carboxylic acids is 1. The first kappa shape index (κ1) is 13.9. The van der Waals surface area contributed by atoms with E-state index in [1.165, 1.54) is 0 Å². The Morgan fingerprint density at radius 2 is 2.09 bits per heavy atom. The van der Waals surface area contributed by atoms with Crippen molar-refractivity contribution in [3.63, 3.8) is 0 Å². The van der Waals surface area contributed by atoms with Crippen LogP contribution in [0.5, 0.6) is 5.75 Å². The summed E-state index contributed by atoms with van der Waals surface area (Å²) in [5, 5.41) is 1.07. The first-order valence-electron chi connectivity index (χ1n) is 7.06. The summed E-state index contributed by atoms with van der Waals surface area (Å²) in [5.74, 6) is 0.551. The molecule has 0 bridgehead atoms. The molecule has 4 nitrogen and oxygen atoms in total. The molecule has 0 saturated heterocycles. The van der Waals surface area contributed by atoms with Crippen LogP contribution in [-0.2, 0) is 0 Å². The summed E-state index contributed by atoms with van der Waals surface area (Å²) in [4.78, 5) is 21.0.